The molecule has 0 spiro atoms. The molecule has 50 valence electrons. The van der Waals surface area contributed by atoms with Crippen LogP contribution in [0.25, 0.3) is 11.0 Å². The quantitative estimate of drug-likeness (QED) is 0.588. The molecular formula is C7H7N3. The second kappa shape index (κ2) is 1.80. The number of hydrogen-bond donors (Lipinski definition) is 1. The zero-order chi connectivity index (χ0) is 6.97. The van der Waals surface area contributed by atoms with E-state index in [9.17, 15) is 0 Å². The molecule has 1 N–H and O–H groups in total. The van der Waals surface area contributed by atoms with Gasteiger partial charge in [-0.25, -0.2) is 4.98 Å². The lowest BCUT2D eigenvalue weighted by atomic mass is 10.3. The predicted molar refractivity (Wildman–Crippen MR) is 38.6 cm³/mol. The fraction of sp³-hybridized carbons (Fsp3) is 0.143. The summed E-state index contributed by atoms with van der Waals surface area (Å²) in [5.74, 6) is 0. The number of aromatic nitrogens is 3. The van der Waals surface area contributed by atoms with Crippen molar-refractivity contribution in [2.24, 2.45) is 0 Å². The molecule has 0 atom stereocenters. The summed E-state index contributed by atoms with van der Waals surface area (Å²) in [6.45, 7) is 1.96. The lowest BCUT2D eigenvalue weighted by Gasteiger charge is -1.88. The van der Waals surface area contributed by atoms with Gasteiger partial charge in [0, 0.05) is 5.69 Å². The topological polar surface area (TPSA) is 41.6 Å². The molecule has 0 aromatic carbocycles. The fourth-order valence-corrected chi connectivity index (χ4v) is 0.933. The molecule has 0 saturated heterocycles. The molecule has 3 heteroatoms. The standard InChI is InChI=1S/C7H7N3/c1-5-2-3-6-7(9-5)4-8-10-6/h2-4H,1H3,(H,8,10). The maximum absolute atomic E-state index is 4.24. The van der Waals surface area contributed by atoms with Gasteiger partial charge in [-0.1, -0.05) is 0 Å². The summed E-state index contributed by atoms with van der Waals surface area (Å²) in [4.78, 5) is 4.24. The largest absolute Gasteiger partial charge is 0.276 e. The Hall–Kier alpha value is -1.38. The molecule has 0 unspecified atom stereocenters. The van der Waals surface area contributed by atoms with Gasteiger partial charge in [0.05, 0.1) is 11.7 Å². The maximum atomic E-state index is 4.24. The van der Waals surface area contributed by atoms with Gasteiger partial charge in [-0.2, -0.15) is 5.10 Å². The van der Waals surface area contributed by atoms with E-state index in [1.165, 1.54) is 0 Å². The van der Waals surface area contributed by atoms with Gasteiger partial charge in [0.25, 0.3) is 0 Å². The first-order chi connectivity index (χ1) is 4.86. The number of fused-ring (bicyclic) bond motifs is 1. The molecule has 0 bridgehead atoms. The van der Waals surface area contributed by atoms with Gasteiger partial charge in [-0.3, -0.25) is 5.10 Å². The summed E-state index contributed by atoms with van der Waals surface area (Å²) >= 11 is 0. The minimum absolute atomic E-state index is 0.931. The summed E-state index contributed by atoms with van der Waals surface area (Å²) in [5, 5.41) is 6.69. The van der Waals surface area contributed by atoms with Crippen LogP contribution < -0.4 is 0 Å². The molecular weight excluding hydrogens is 126 g/mol. The summed E-state index contributed by atoms with van der Waals surface area (Å²) < 4.78 is 0. The van der Waals surface area contributed by atoms with Crippen molar-refractivity contribution in [3.05, 3.63) is 24.0 Å². The number of nitrogens with zero attached hydrogens (tertiary/aromatic N) is 2. The number of aryl methyl sites for hydroxylation is 1. The molecule has 0 fully saturated rings. The van der Waals surface area contributed by atoms with Crippen molar-refractivity contribution in [1.29, 1.82) is 0 Å². The van der Waals surface area contributed by atoms with Crippen LogP contribution in [0, 0.1) is 6.92 Å². The third-order valence-corrected chi connectivity index (χ3v) is 1.44. The van der Waals surface area contributed by atoms with E-state index < -0.39 is 0 Å². The smallest absolute Gasteiger partial charge is 0.108 e. The van der Waals surface area contributed by atoms with E-state index in [0.29, 0.717) is 0 Å². The summed E-state index contributed by atoms with van der Waals surface area (Å²) in [6.07, 6.45) is 1.72. The number of aromatic amines is 1. The van der Waals surface area contributed by atoms with E-state index >= 15 is 0 Å². The molecule has 3 nitrogen and oxygen atoms in total. The zero-order valence-corrected chi connectivity index (χ0v) is 5.63. The molecule has 2 aromatic heterocycles. The van der Waals surface area contributed by atoms with E-state index in [0.717, 1.165) is 16.7 Å². The SMILES string of the molecule is Cc1ccc2[nH]ncc2n1. The van der Waals surface area contributed by atoms with Gasteiger partial charge in [-0.05, 0) is 19.1 Å². The molecule has 0 aliphatic heterocycles. The summed E-state index contributed by atoms with van der Waals surface area (Å²) in [6, 6.07) is 3.94. The van der Waals surface area contributed by atoms with E-state index in [1.54, 1.807) is 6.20 Å². The van der Waals surface area contributed by atoms with Crippen molar-refractivity contribution < 1.29 is 0 Å². The molecule has 0 saturated carbocycles. The molecule has 2 rings (SSSR count). The monoisotopic (exact) mass is 133 g/mol. The maximum Gasteiger partial charge on any atom is 0.108 e. The first kappa shape index (κ1) is 5.41. The first-order valence-corrected chi connectivity index (χ1v) is 3.13. The number of nitrogens with one attached hydrogen (secondary N) is 1. The molecule has 2 aromatic rings. The predicted octanol–water partition coefficient (Wildman–Crippen LogP) is 1.27. The number of pyridine rings is 1. The molecule has 0 aliphatic carbocycles. The van der Waals surface area contributed by atoms with Gasteiger partial charge < -0.3 is 0 Å². The van der Waals surface area contributed by atoms with Crippen molar-refractivity contribution >= 4 is 11.0 Å². The Morgan fingerprint density at radius 3 is 3.20 bits per heavy atom. The van der Waals surface area contributed by atoms with Crippen LogP contribution in [-0.4, -0.2) is 15.2 Å². The zero-order valence-electron chi connectivity index (χ0n) is 5.63. The first-order valence-electron chi connectivity index (χ1n) is 3.13. The third-order valence-electron chi connectivity index (χ3n) is 1.44. The highest BCUT2D eigenvalue weighted by atomic mass is 15.1. The van der Waals surface area contributed by atoms with Crippen LogP contribution in [-0.2, 0) is 0 Å². The molecule has 10 heavy (non-hydrogen) atoms. The van der Waals surface area contributed by atoms with Crippen molar-refractivity contribution in [3.8, 4) is 0 Å². The van der Waals surface area contributed by atoms with E-state index in [1.807, 2.05) is 19.1 Å². The lowest BCUT2D eigenvalue weighted by molar-refractivity contribution is 1.12. The Labute approximate surface area is 58.1 Å². The molecule has 0 radical (unpaired) electrons. The van der Waals surface area contributed by atoms with Gasteiger partial charge in [0.2, 0.25) is 0 Å². The Morgan fingerprint density at radius 1 is 1.40 bits per heavy atom. The Bertz CT molecular complexity index is 350. The van der Waals surface area contributed by atoms with Crippen LogP contribution in [0.15, 0.2) is 18.3 Å². The second-order valence-electron chi connectivity index (χ2n) is 2.26. The normalized spacial score (nSPS) is 10.5. The minimum atomic E-state index is 0.931. The average Bonchev–Trinajstić information content (AvgIpc) is 2.33. The molecule has 0 amide bonds. The summed E-state index contributed by atoms with van der Waals surface area (Å²) in [7, 11) is 0. The van der Waals surface area contributed by atoms with Crippen LogP contribution in [0.3, 0.4) is 0 Å². The highest BCUT2D eigenvalue weighted by molar-refractivity contribution is 5.72. The van der Waals surface area contributed by atoms with Crippen LogP contribution in [0.1, 0.15) is 5.69 Å². The van der Waals surface area contributed by atoms with Crippen LogP contribution in [0.5, 0.6) is 0 Å². The van der Waals surface area contributed by atoms with Crippen molar-refractivity contribution in [1.82, 2.24) is 15.2 Å². The molecule has 0 aliphatic rings. The van der Waals surface area contributed by atoms with Crippen molar-refractivity contribution in [2.75, 3.05) is 0 Å². The van der Waals surface area contributed by atoms with Gasteiger partial charge in [0.15, 0.2) is 0 Å². The van der Waals surface area contributed by atoms with Crippen LogP contribution in [0.4, 0.5) is 0 Å². The van der Waals surface area contributed by atoms with Gasteiger partial charge >= 0.3 is 0 Å². The van der Waals surface area contributed by atoms with Crippen molar-refractivity contribution in [2.45, 2.75) is 6.92 Å². The van der Waals surface area contributed by atoms with E-state index in [4.69, 9.17) is 0 Å². The van der Waals surface area contributed by atoms with Gasteiger partial charge in [0.1, 0.15) is 5.52 Å². The highest BCUT2D eigenvalue weighted by Crippen LogP contribution is 2.06. The fourth-order valence-electron chi connectivity index (χ4n) is 0.933. The molecule has 2 heterocycles. The van der Waals surface area contributed by atoms with E-state index in [2.05, 4.69) is 15.2 Å². The Balaban J connectivity index is 2.86. The Kier molecular flexibility index (Phi) is 0.974. The van der Waals surface area contributed by atoms with Crippen LogP contribution >= 0.6 is 0 Å². The Morgan fingerprint density at radius 2 is 2.30 bits per heavy atom. The number of rotatable bonds is 0. The van der Waals surface area contributed by atoms with E-state index in [-0.39, 0.29) is 0 Å². The lowest BCUT2D eigenvalue weighted by Crippen LogP contribution is -1.78. The summed E-state index contributed by atoms with van der Waals surface area (Å²) in [5.41, 5.74) is 2.94. The van der Waals surface area contributed by atoms with Crippen molar-refractivity contribution in [3.63, 3.8) is 0 Å². The van der Waals surface area contributed by atoms with Gasteiger partial charge in [-0.15, -0.1) is 0 Å². The average molecular weight is 133 g/mol. The minimum Gasteiger partial charge on any atom is -0.276 e. The second-order valence-corrected chi connectivity index (χ2v) is 2.26. The van der Waals surface area contributed by atoms with Crippen LogP contribution in [0.2, 0.25) is 0 Å². The number of hydrogen-bond acceptors (Lipinski definition) is 2. The number of H-pyrrole nitrogens is 1. The third kappa shape index (κ3) is 0.673. The highest BCUT2D eigenvalue weighted by Gasteiger charge is 1.93.